The summed E-state index contributed by atoms with van der Waals surface area (Å²) in [5.74, 6) is 0.464. The molecule has 7 heteroatoms. The monoisotopic (exact) mass is 419 g/mol. The first kappa shape index (κ1) is 18.9. The van der Waals surface area contributed by atoms with Crippen molar-refractivity contribution in [3.8, 4) is 6.07 Å². The van der Waals surface area contributed by atoms with Crippen LogP contribution in [-0.2, 0) is 9.84 Å². The Hall–Kier alpha value is -3.40. The first-order valence-corrected chi connectivity index (χ1v) is 10.5. The van der Waals surface area contributed by atoms with Crippen molar-refractivity contribution in [1.29, 1.82) is 5.26 Å². The standard InChI is InChI=1S/C22H14ClN3O2S/c23-17-7-11-19(12-8-17)29(27,28)18-9-5-15(6-10-18)13-16(14-24)22-25-20-3-1-2-4-21(20)26-22/h1-13H,(H,25,26). The van der Waals surface area contributed by atoms with Gasteiger partial charge in [-0.15, -0.1) is 0 Å². The van der Waals surface area contributed by atoms with Crippen LogP contribution in [0, 0.1) is 11.3 Å². The van der Waals surface area contributed by atoms with Crippen LogP contribution < -0.4 is 0 Å². The Morgan fingerprint density at radius 3 is 2.21 bits per heavy atom. The number of nitrogens with zero attached hydrogens (tertiary/aromatic N) is 2. The number of hydrogen-bond acceptors (Lipinski definition) is 4. The Morgan fingerprint density at radius 2 is 1.59 bits per heavy atom. The molecule has 0 saturated heterocycles. The zero-order chi connectivity index (χ0) is 20.4. The maximum atomic E-state index is 12.7. The molecule has 3 aromatic carbocycles. The number of nitriles is 1. The van der Waals surface area contributed by atoms with Crippen LogP contribution in [0.3, 0.4) is 0 Å². The van der Waals surface area contributed by atoms with E-state index < -0.39 is 9.84 Å². The van der Waals surface area contributed by atoms with Crippen molar-refractivity contribution in [1.82, 2.24) is 9.97 Å². The van der Waals surface area contributed by atoms with E-state index in [1.165, 1.54) is 36.4 Å². The number of aromatic amines is 1. The molecule has 0 aliphatic rings. The molecule has 4 rings (SSSR count). The van der Waals surface area contributed by atoms with Gasteiger partial charge in [0.05, 0.1) is 26.4 Å². The molecule has 0 fully saturated rings. The van der Waals surface area contributed by atoms with Crippen LogP contribution in [0.5, 0.6) is 0 Å². The molecule has 0 spiro atoms. The van der Waals surface area contributed by atoms with Crippen LogP contribution in [0.25, 0.3) is 22.7 Å². The number of imidazole rings is 1. The molecule has 29 heavy (non-hydrogen) atoms. The predicted octanol–water partition coefficient (Wildman–Crippen LogP) is 5.11. The summed E-state index contributed by atoms with van der Waals surface area (Å²) >= 11 is 5.83. The van der Waals surface area contributed by atoms with Gasteiger partial charge in [0.15, 0.2) is 0 Å². The summed E-state index contributed by atoms with van der Waals surface area (Å²) in [5.41, 5.74) is 2.66. The SMILES string of the molecule is N#CC(=Cc1ccc(S(=O)(=O)c2ccc(Cl)cc2)cc1)c1nc2ccccc2[nH]1. The van der Waals surface area contributed by atoms with Gasteiger partial charge in [-0.3, -0.25) is 0 Å². The molecule has 0 amide bonds. The van der Waals surface area contributed by atoms with Crippen molar-refractivity contribution in [2.75, 3.05) is 0 Å². The maximum absolute atomic E-state index is 12.7. The average Bonchev–Trinajstić information content (AvgIpc) is 3.16. The second-order valence-electron chi connectivity index (χ2n) is 6.30. The second-order valence-corrected chi connectivity index (χ2v) is 8.68. The van der Waals surface area contributed by atoms with Crippen molar-refractivity contribution in [3.63, 3.8) is 0 Å². The van der Waals surface area contributed by atoms with Gasteiger partial charge >= 0.3 is 0 Å². The Labute approximate surface area is 172 Å². The van der Waals surface area contributed by atoms with Crippen LogP contribution in [0.2, 0.25) is 5.02 Å². The normalized spacial score (nSPS) is 12.1. The second kappa shape index (κ2) is 7.55. The first-order chi connectivity index (χ1) is 14.0. The number of aromatic nitrogens is 2. The minimum Gasteiger partial charge on any atom is -0.337 e. The lowest BCUT2D eigenvalue weighted by molar-refractivity contribution is 0.596. The minimum atomic E-state index is -3.64. The summed E-state index contributed by atoms with van der Waals surface area (Å²) in [6.07, 6.45) is 1.66. The molecule has 4 aromatic rings. The highest BCUT2D eigenvalue weighted by Crippen LogP contribution is 2.24. The van der Waals surface area contributed by atoms with Gasteiger partial charge in [-0.05, 0) is 60.2 Å². The zero-order valence-corrected chi connectivity index (χ0v) is 16.6. The average molecular weight is 420 g/mol. The summed E-state index contributed by atoms with van der Waals surface area (Å²) < 4.78 is 25.5. The summed E-state index contributed by atoms with van der Waals surface area (Å²) in [6, 6.07) is 22.0. The number of hydrogen-bond donors (Lipinski definition) is 1. The molecule has 1 N–H and O–H groups in total. The molecule has 0 aliphatic carbocycles. The van der Waals surface area contributed by atoms with Gasteiger partial charge in [0, 0.05) is 5.02 Å². The molecule has 0 unspecified atom stereocenters. The summed E-state index contributed by atoms with van der Waals surface area (Å²) in [4.78, 5) is 7.89. The lowest BCUT2D eigenvalue weighted by Crippen LogP contribution is -2.01. The molecule has 0 bridgehead atoms. The van der Waals surface area contributed by atoms with E-state index in [9.17, 15) is 13.7 Å². The lowest BCUT2D eigenvalue weighted by atomic mass is 10.1. The molecule has 1 aromatic heterocycles. The highest BCUT2D eigenvalue weighted by molar-refractivity contribution is 7.91. The minimum absolute atomic E-state index is 0.166. The number of halogens is 1. The smallest absolute Gasteiger partial charge is 0.206 e. The highest BCUT2D eigenvalue weighted by atomic mass is 35.5. The number of H-pyrrole nitrogens is 1. The molecular weight excluding hydrogens is 406 g/mol. The third kappa shape index (κ3) is 3.79. The van der Waals surface area contributed by atoms with E-state index in [-0.39, 0.29) is 9.79 Å². The zero-order valence-electron chi connectivity index (χ0n) is 15.0. The van der Waals surface area contributed by atoms with Gasteiger partial charge in [-0.2, -0.15) is 5.26 Å². The van der Waals surface area contributed by atoms with Gasteiger partial charge in [0.25, 0.3) is 0 Å². The van der Waals surface area contributed by atoms with Crippen LogP contribution in [0.4, 0.5) is 0 Å². The number of nitrogens with one attached hydrogen (secondary N) is 1. The van der Waals surface area contributed by atoms with E-state index in [0.29, 0.717) is 22.0 Å². The topological polar surface area (TPSA) is 86.6 Å². The van der Waals surface area contributed by atoms with Gasteiger partial charge in [0.1, 0.15) is 11.9 Å². The van der Waals surface area contributed by atoms with Crippen LogP contribution >= 0.6 is 11.6 Å². The van der Waals surface area contributed by atoms with E-state index in [0.717, 1.165) is 11.0 Å². The van der Waals surface area contributed by atoms with Crippen molar-refractivity contribution in [3.05, 3.63) is 89.2 Å². The fraction of sp³-hybridized carbons (Fsp3) is 0. The lowest BCUT2D eigenvalue weighted by Gasteiger charge is -2.05. The van der Waals surface area contributed by atoms with Crippen molar-refractivity contribution in [2.24, 2.45) is 0 Å². The van der Waals surface area contributed by atoms with Crippen molar-refractivity contribution < 1.29 is 8.42 Å². The molecule has 142 valence electrons. The molecular formula is C22H14ClN3O2S. The van der Waals surface area contributed by atoms with E-state index in [4.69, 9.17) is 11.6 Å². The molecule has 0 aliphatic heterocycles. The molecule has 0 atom stereocenters. The predicted molar refractivity (Wildman–Crippen MR) is 113 cm³/mol. The number of sulfone groups is 1. The summed E-state index contributed by atoms with van der Waals surface area (Å²) in [5, 5.41) is 10.0. The van der Waals surface area contributed by atoms with Crippen LogP contribution in [-0.4, -0.2) is 18.4 Å². The quantitative estimate of drug-likeness (QED) is 0.465. The Bertz CT molecular complexity index is 1330. The Morgan fingerprint density at radius 1 is 0.966 bits per heavy atom. The summed E-state index contributed by atoms with van der Waals surface area (Å²) in [6.45, 7) is 0. The number of allylic oxidation sites excluding steroid dienone is 1. The Kier molecular flexibility index (Phi) is 4.93. The number of para-hydroxylation sites is 2. The van der Waals surface area contributed by atoms with E-state index in [2.05, 4.69) is 16.0 Å². The Balaban J connectivity index is 1.66. The third-order valence-electron chi connectivity index (χ3n) is 4.39. The number of fused-ring (bicyclic) bond motifs is 1. The highest BCUT2D eigenvalue weighted by Gasteiger charge is 2.17. The fourth-order valence-electron chi connectivity index (χ4n) is 2.89. The maximum Gasteiger partial charge on any atom is 0.206 e. The molecule has 1 heterocycles. The number of rotatable bonds is 4. The van der Waals surface area contributed by atoms with E-state index >= 15 is 0 Å². The summed E-state index contributed by atoms with van der Waals surface area (Å²) in [7, 11) is -3.64. The van der Waals surface area contributed by atoms with Crippen molar-refractivity contribution in [2.45, 2.75) is 9.79 Å². The van der Waals surface area contributed by atoms with Crippen molar-refractivity contribution >= 4 is 44.1 Å². The van der Waals surface area contributed by atoms with Gasteiger partial charge in [-0.1, -0.05) is 35.9 Å². The third-order valence-corrected chi connectivity index (χ3v) is 6.43. The number of benzene rings is 3. The molecule has 0 saturated carbocycles. The largest absolute Gasteiger partial charge is 0.337 e. The van der Waals surface area contributed by atoms with E-state index in [1.807, 2.05) is 24.3 Å². The molecule has 5 nitrogen and oxygen atoms in total. The van der Waals surface area contributed by atoms with Gasteiger partial charge in [0.2, 0.25) is 9.84 Å². The van der Waals surface area contributed by atoms with Crippen LogP contribution in [0.15, 0.2) is 82.6 Å². The van der Waals surface area contributed by atoms with E-state index in [1.54, 1.807) is 18.2 Å². The molecule has 0 radical (unpaired) electrons. The first-order valence-electron chi connectivity index (χ1n) is 8.65. The fourth-order valence-corrected chi connectivity index (χ4v) is 4.28. The van der Waals surface area contributed by atoms with Gasteiger partial charge < -0.3 is 4.98 Å². The van der Waals surface area contributed by atoms with Crippen LogP contribution in [0.1, 0.15) is 11.4 Å². The van der Waals surface area contributed by atoms with Gasteiger partial charge in [-0.25, -0.2) is 13.4 Å².